The number of non-ortho nitro benzene ring substituents is 1. The fourth-order valence-corrected chi connectivity index (χ4v) is 3.86. The maximum absolute atomic E-state index is 12.4. The van der Waals surface area contributed by atoms with E-state index in [-0.39, 0.29) is 34.7 Å². The van der Waals surface area contributed by atoms with Crippen LogP contribution in [0.15, 0.2) is 41.6 Å². The number of benzene rings is 2. The molecule has 0 spiro atoms. The number of aromatic nitrogens is 3. The van der Waals surface area contributed by atoms with Gasteiger partial charge in [-0.15, -0.1) is 10.2 Å². The van der Waals surface area contributed by atoms with Crippen molar-refractivity contribution in [1.29, 1.82) is 0 Å². The third-order valence-corrected chi connectivity index (χ3v) is 6.34. The average molecular weight is 509 g/mol. The summed E-state index contributed by atoms with van der Waals surface area (Å²) in [6.45, 7) is 1.67. The van der Waals surface area contributed by atoms with Gasteiger partial charge in [0.1, 0.15) is 5.82 Å². The zero-order chi connectivity index (χ0) is 24.1. The Balaban J connectivity index is 1.56. The number of aryl methyl sites for hydroxylation is 1. The van der Waals surface area contributed by atoms with Gasteiger partial charge in [-0.1, -0.05) is 41.0 Å². The Hall–Kier alpha value is -3.15. The fourth-order valence-electron chi connectivity index (χ4n) is 2.78. The molecule has 1 heterocycles. The Bertz CT molecular complexity index is 1230. The van der Waals surface area contributed by atoms with E-state index in [1.54, 1.807) is 36.7 Å². The van der Waals surface area contributed by atoms with E-state index in [0.29, 0.717) is 32.9 Å². The highest BCUT2D eigenvalue weighted by Gasteiger charge is 2.16. The van der Waals surface area contributed by atoms with Gasteiger partial charge in [0.25, 0.3) is 5.69 Å². The Labute approximate surface area is 202 Å². The first-order valence-corrected chi connectivity index (χ1v) is 11.2. The normalized spacial score (nSPS) is 10.7. The van der Waals surface area contributed by atoms with Gasteiger partial charge in [0, 0.05) is 24.9 Å². The van der Waals surface area contributed by atoms with Gasteiger partial charge in [0.15, 0.2) is 5.16 Å². The molecule has 0 aliphatic carbocycles. The maximum Gasteiger partial charge on any atom is 0.269 e. The second-order valence-corrected chi connectivity index (χ2v) is 8.60. The molecule has 2 aromatic carbocycles. The number of halogens is 2. The summed E-state index contributed by atoms with van der Waals surface area (Å²) < 4.78 is 1.62. The van der Waals surface area contributed by atoms with E-state index in [9.17, 15) is 19.7 Å². The summed E-state index contributed by atoms with van der Waals surface area (Å²) in [6.07, 6.45) is -0.0545. The van der Waals surface area contributed by atoms with Crippen molar-refractivity contribution in [3.05, 3.63) is 67.9 Å². The molecule has 3 rings (SSSR count). The van der Waals surface area contributed by atoms with E-state index in [2.05, 4.69) is 20.8 Å². The van der Waals surface area contributed by atoms with Crippen LogP contribution in [0.25, 0.3) is 0 Å². The molecule has 1 aromatic heterocycles. The predicted molar refractivity (Wildman–Crippen MR) is 127 cm³/mol. The number of nitro benzene ring substituents is 1. The molecule has 0 radical (unpaired) electrons. The molecule has 172 valence electrons. The number of anilines is 2. The van der Waals surface area contributed by atoms with Gasteiger partial charge in [-0.05, 0) is 30.7 Å². The van der Waals surface area contributed by atoms with Crippen molar-refractivity contribution in [3.8, 4) is 0 Å². The van der Waals surface area contributed by atoms with Gasteiger partial charge in [0.2, 0.25) is 11.8 Å². The van der Waals surface area contributed by atoms with Gasteiger partial charge >= 0.3 is 0 Å². The second kappa shape index (κ2) is 10.6. The van der Waals surface area contributed by atoms with E-state index < -0.39 is 4.92 Å². The molecule has 0 atom stereocenters. The highest BCUT2D eigenvalue weighted by atomic mass is 35.5. The summed E-state index contributed by atoms with van der Waals surface area (Å²) in [5.74, 6) is -0.223. The summed E-state index contributed by atoms with van der Waals surface area (Å²) >= 11 is 13.2. The van der Waals surface area contributed by atoms with Crippen LogP contribution >= 0.6 is 35.0 Å². The third kappa shape index (κ3) is 6.21. The summed E-state index contributed by atoms with van der Waals surface area (Å²) in [6, 6.07) is 9.12. The van der Waals surface area contributed by atoms with Crippen LogP contribution in [0.5, 0.6) is 0 Å². The number of hydrogen-bond acceptors (Lipinski definition) is 7. The largest absolute Gasteiger partial charge is 0.325 e. The first-order chi connectivity index (χ1) is 15.7. The molecule has 3 aromatic rings. The molecule has 0 saturated heterocycles. The molecule has 0 saturated carbocycles. The lowest BCUT2D eigenvalue weighted by molar-refractivity contribution is -0.384. The number of thioether (sulfide) groups is 1. The van der Waals surface area contributed by atoms with Gasteiger partial charge in [-0.25, -0.2) is 0 Å². The topological polar surface area (TPSA) is 132 Å². The highest BCUT2D eigenvalue weighted by molar-refractivity contribution is 7.99. The Kier molecular flexibility index (Phi) is 7.90. The van der Waals surface area contributed by atoms with Crippen molar-refractivity contribution >= 4 is 63.8 Å². The first-order valence-electron chi connectivity index (χ1n) is 9.45. The third-order valence-electron chi connectivity index (χ3n) is 4.50. The zero-order valence-electron chi connectivity index (χ0n) is 17.5. The van der Waals surface area contributed by atoms with Crippen molar-refractivity contribution in [1.82, 2.24) is 14.8 Å². The minimum Gasteiger partial charge on any atom is -0.325 e. The van der Waals surface area contributed by atoms with Crippen LogP contribution in [-0.2, 0) is 23.1 Å². The minimum absolute atomic E-state index is 0.0344. The van der Waals surface area contributed by atoms with E-state index in [1.165, 1.54) is 18.2 Å². The molecular weight excluding hydrogens is 491 g/mol. The molecule has 2 N–H and O–H groups in total. The van der Waals surface area contributed by atoms with Crippen LogP contribution in [0.3, 0.4) is 0 Å². The maximum atomic E-state index is 12.4. The standard InChI is InChI=1S/C20H18Cl2N6O4S/c1-11-8-12(28(31)32)6-7-14(11)23-18(30)10-33-20-26-25-16(27(20)2)9-17(29)24-15-5-3-4-13(21)19(15)22/h3-8H,9-10H2,1-2H3,(H,23,30)(H,24,29). The fraction of sp³-hybridized carbons (Fsp3) is 0.200. The summed E-state index contributed by atoms with van der Waals surface area (Å²) in [7, 11) is 1.69. The average Bonchev–Trinajstić information content (AvgIpc) is 3.10. The molecule has 13 heteroatoms. The number of nitrogens with one attached hydrogen (secondary N) is 2. The molecule has 0 unspecified atom stereocenters. The summed E-state index contributed by atoms with van der Waals surface area (Å²) in [5.41, 5.74) is 1.41. The molecule has 33 heavy (non-hydrogen) atoms. The minimum atomic E-state index is -0.496. The van der Waals surface area contributed by atoms with Crippen LogP contribution in [0, 0.1) is 17.0 Å². The predicted octanol–water partition coefficient (Wildman–Crippen LogP) is 4.25. The van der Waals surface area contributed by atoms with Crippen LogP contribution < -0.4 is 10.6 Å². The molecule has 0 aliphatic heterocycles. The van der Waals surface area contributed by atoms with Gasteiger partial charge in [-0.3, -0.25) is 19.7 Å². The van der Waals surface area contributed by atoms with Crippen molar-refractivity contribution < 1.29 is 14.5 Å². The number of nitrogens with zero attached hydrogens (tertiary/aromatic N) is 4. The Morgan fingerprint density at radius 3 is 2.55 bits per heavy atom. The highest BCUT2D eigenvalue weighted by Crippen LogP contribution is 2.29. The zero-order valence-corrected chi connectivity index (χ0v) is 19.8. The monoisotopic (exact) mass is 508 g/mol. The van der Waals surface area contributed by atoms with Crippen molar-refractivity contribution in [3.63, 3.8) is 0 Å². The number of amides is 2. The lowest BCUT2D eigenvalue weighted by atomic mass is 10.2. The van der Waals surface area contributed by atoms with Gasteiger partial charge in [-0.2, -0.15) is 0 Å². The first kappa shape index (κ1) is 24.5. The molecule has 0 bridgehead atoms. The number of hydrogen-bond donors (Lipinski definition) is 2. The lowest BCUT2D eigenvalue weighted by Crippen LogP contribution is -2.17. The van der Waals surface area contributed by atoms with E-state index in [1.807, 2.05) is 0 Å². The van der Waals surface area contributed by atoms with Crippen LogP contribution in [0.2, 0.25) is 10.0 Å². The van der Waals surface area contributed by atoms with Crippen molar-refractivity contribution in [2.45, 2.75) is 18.5 Å². The molecule has 0 fully saturated rings. The quantitative estimate of drug-likeness (QED) is 0.264. The van der Waals surface area contributed by atoms with E-state index in [0.717, 1.165) is 11.8 Å². The number of rotatable bonds is 8. The summed E-state index contributed by atoms with van der Waals surface area (Å²) in [5, 5.41) is 25.3. The number of carbonyl (C=O) groups excluding carboxylic acids is 2. The summed E-state index contributed by atoms with van der Waals surface area (Å²) in [4.78, 5) is 35.0. The van der Waals surface area contributed by atoms with Crippen molar-refractivity contribution in [2.24, 2.45) is 7.05 Å². The Morgan fingerprint density at radius 1 is 1.12 bits per heavy atom. The lowest BCUT2D eigenvalue weighted by Gasteiger charge is -2.09. The van der Waals surface area contributed by atoms with Gasteiger partial charge in [0.05, 0.1) is 32.8 Å². The Morgan fingerprint density at radius 2 is 1.85 bits per heavy atom. The molecule has 0 aliphatic rings. The SMILES string of the molecule is Cc1cc([N+](=O)[O-])ccc1NC(=O)CSc1nnc(CC(=O)Nc2cccc(Cl)c2Cl)n1C. The number of carbonyl (C=O) groups is 2. The number of nitro groups is 1. The second-order valence-electron chi connectivity index (χ2n) is 6.88. The van der Waals surface area contributed by atoms with Crippen LogP contribution in [0.4, 0.5) is 17.1 Å². The van der Waals surface area contributed by atoms with Gasteiger partial charge < -0.3 is 15.2 Å². The molecule has 10 nitrogen and oxygen atoms in total. The molecule has 2 amide bonds. The van der Waals surface area contributed by atoms with Crippen LogP contribution in [-0.4, -0.2) is 37.3 Å². The van der Waals surface area contributed by atoms with E-state index in [4.69, 9.17) is 23.2 Å². The smallest absolute Gasteiger partial charge is 0.269 e. The molecular formula is C20H18Cl2N6O4S. The van der Waals surface area contributed by atoms with Crippen molar-refractivity contribution in [2.75, 3.05) is 16.4 Å². The van der Waals surface area contributed by atoms with Crippen LogP contribution in [0.1, 0.15) is 11.4 Å². The van der Waals surface area contributed by atoms with E-state index >= 15 is 0 Å².